The van der Waals surface area contributed by atoms with Gasteiger partial charge in [0.05, 0.1) is 17.4 Å². The molecule has 0 amide bonds. The number of hydrazine groups is 1. The van der Waals surface area contributed by atoms with Crippen molar-refractivity contribution in [2.75, 3.05) is 0 Å². The van der Waals surface area contributed by atoms with E-state index in [9.17, 15) is 4.39 Å². The molecular weight excluding hydrogens is 537 g/mol. The van der Waals surface area contributed by atoms with Gasteiger partial charge in [-0.05, 0) is 74.0 Å². The molecule has 3 aromatic rings. The van der Waals surface area contributed by atoms with Gasteiger partial charge in [-0.2, -0.15) is 0 Å². The molecule has 0 spiro atoms. The minimum Gasteiger partial charge on any atom is -0.404 e. The SMILES string of the molecule is C=C(CC(C)(C)C)N/C(C)=C/C(=C\N)C(/C=C1\C(=C/N)NNC1(C)c1cc2c(-c3ccccc3F)cncc2[nH]1)=C1CC1. The number of rotatable bonds is 8. The van der Waals surface area contributed by atoms with Crippen LogP contribution >= 0.6 is 0 Å². The van der Waals surface area contributed by atoms with Crippen molar-refractivity contribution in [2.24, 2.45) is 16.9 Å². The summed E-state index contributed by atoms with van der Waals surface area (Å²) in [6.07, 6.45) is 13.8. The minimum absolute atomic E-state index is 0.134. The first-order valence-electron chi connectivity index (χ1n) is 14.6. The van der Waals surface area contributed by atoms with Crippen LogP contribution in [0.4, 0.5) is 4.39 Å². The number of halogens is 1. The quantitative estimate of drug-likeness (QED) is 0.164. The number of aromatic nitrogens is 2. The highest BCUT2D eigenvalue weighted by Gasteiger charge is 2.40. The molecule has 2 fully saturated rings. The normalized spacial score (nSPS) is 21.0. The summed E-state index contributed by atoms with van der Waals surface area (Å²) in [4.78, 5) is 7.93. The number of nitrogens with zero attached hydrogens (tertiary/aromatic N) is 1. The summed E-state index contributed by atoms with van der Waals surface area (Å²) >= 11 is 0. The second-order valence-corrected chi connectivity index (χ2v) is 12.8. The summed E-state index contributed by atoms with van der Waals surface area (Å²) in [6, 6.07) is 8.81. The van der Waals surface area contributed by atoms with Crippen molar-refractivity contribution in [3.05, 3.63) is 125 Å². The molecule has 1 aromatic carbocycles. The lowest BCUT2D eigenvalue weighted by Crippen LogP contribution is -2.39. The molecule has 0 radical (unpaired) electrons. The number of hydrogen-bond donors (Lipinski definition) is 6. The van der Waals surface area contributed by atoms with Gasteiger partial charge in [-0.25, -0.2) is 9.82 Å². The van der Waals surface area contributed by atoms with Gasteiger partial charge in [-0.3, -0.25) is 4.98 Å². The van der Waals surface area contributed by atoms with E-state index in [2.05, 4.69) is 78.6 Å². The molecule has 8 N–H and O–H groups in total. The molecule has 1 unspecified atom stereocenters. The predicted octanol–water partition coefficient (Wildman–Crippen LogP) is 6.79. The Morgan fingerprint density at radius 2 is 1.91 bits per heavy atom. The lowest BCUT2D eigenvalue weighted by molar-refractivity contribution is 0.402. The van der Waals surface area contributed by atoms with E-state index in [0.717, 1.165) is 75.2 Å². The number of H-pyrrole nitrogens is 1. The van der Waals surface area contributed by atoms with Crippen LogP contribution in [0.15, 0.2) is 113 Å². The number of pyridine rings is 1. The monoisotopic (exact) mass is 579 g/mol. The number of hydrogen-bond acceptors (Lipinski definition) is 6. The Labute approximate surface area is 253 Å². The fourth-order valence-electron chi connectivity index (χ4n) is 5.69. The Hall–Kier alpha value is -4.56. The zero-order valence-electron chi connectivity index (χ0n) is 25.7. The minimum atomic E-state index is -0.699. The molecule has 2 aromatic heterocycles. The molecule has 224 valence electrons. The van der Waals surface area contributed by atoms with E-state index in [1.807, 2.05) is 13.0 Å². The summed E-state index contributed by atoms with van der Waals surface area (Å²) in [6.45, 7) is 14.9. The second kappa shape index (κ2) is 11.6. The second-order valence-electron chi connectivity index (χ2n) is 12.8. The van der Waals surface area contributed by atoms with E-state index in [0.29, 0.717) is 5.56 Å². The molecule has 8 heteroatoms. The Kier molecular flexibility index (Phi) is 8.08. The maximum Gasteiger partial charge on any atom is 0.131 e. The molecule has 1 saturated carbocycles. The van der Waals surface area contributed by atoms with Gasteiger partial charge in [0.2, 0.25) is 0 Å². The summed E-state index contributed by atoms with van der Waals surface area (Å²) in [5.41, 5.74) is 28.4. The largest absolute Gasteiger partial charge is 0.404 e. The number of allylic oxidation sites excluding steroid dienone is 7. The van der Waals surface area contributed by atoms with E-state index in [1.54, 1.807) is 36.9 Å². The van der Waals surface area contributed by atoms with Crippen molar-refractivity contribution in [3.8, 4) is 11.1 Å². The zero-order valence-corrected chi connectivity index (χ0v) is 25.7. The fraction of sp³-hybridized carbons (Fsp3) is 0.286. The van der Waals surface area contributed by atoms with Crippen molar-refractivity contribution in [1.82, 2.24) is 26.1 Å². The first kappa shape index (κ1) is 29.9. The average Bonchev–Trinajstić information content (AvgIpc) is 3.59. The van der Waals surface area contributed by atoms with Gasteiger partial charge >= 0.3 is 0 Å². The molecule has 0 bridgehead atoms. The maximum absolute atomic E-state index is 14.8. The average molecular weight is 580 g/mol. The molecule has 1 aliphatic heterocycles. The van der Waals surface area contributed by atoms with Gasteiger partial charge in [-0.1, -0.05) is 51.1 Å². The first-order chi connectivity index (χ1) is 20.4. The number of fused-ring (bicyclic) bond motifs is 1. The van der Waals surface area contributed by atoms with Crippen LogP contribution in [0.3, 0.4) is 0 Å². The highest BCUT2D eigenvalue weighted by Crippen LogP contribution is 2.43. The molecule has 3 heterocycles. The third kappa shape index (κ3) is 6.29. The number of nitrogens with two attached hydrogens (primary N) is 2. The zero-order chi connectivity index (χ0) is 30.9. The van der Waals surface area contributed by atoms with Crippen LogP contribution in [0, 0.1) is 11.2 Å². The fourth-order valence-corrected chi connectivity index (χ4v) is 5.69. The maximum atomic E-state index is 14.8. The molecule has 1 saturated heterocycles. The highest BCUT2D eigenvalue weighted by molar-refractivity contribution is 5.95. The van der Waals surface area contributed by atoms with Crippen molar-refractivity contribution >= 4 is 10.9 Å². The summed E-state index contributed by atoms with van der Waals surface area (Å²) < 4.78 is 14.8. The van der Waals surface area contributed by atoms with Crippen molar-refractivity contribution < 1.29 is 4.39 Å². The Morgan fingerprint density at radius 1 is 1.16 bits per heavy atom. The highest BCUT2D eigenvalue weighted by atomic mass is 19.1. The van der Waals surface area contributed by atoms with Gasteiger partial charge < -0.3 is 27.2 Å². The van der Waals surface area contributed by atoms with Crippen LogP contribution in [0.25, 0.3) is 22.0 Å². The molecular formula is C35H42FN7. The van der Waals surface area contributed by atoms with Gasteiger partial charge in [0, 0.05) is 57.8 Å². The van der Waals surface area contributed by atoms with E-state index < -0.39 is 5.54 Å². The molecule has 1 atom stereocenters. The van der Waals surface area contributed by atoms with Crippen LogP contribution in [-0.2, 0) is 5.54 Å². The van der Waals surface area contributed by atoms with Crippen molar-refractivity contribution in [1.29, 1.82) is 0 Å². The van der Waals surface area contributed by atoms with E-state index >= 15 is 0 Å². The number of aromatic amines is 1. The van der Waals surface area contributed by atoms with Crippen LogP contribution in [0.5, 0.6) is 0 Å². The molecule has 1 aliphatic carbocycles. The smallest absolute Gasteiger partial charge is 0.131 e. The van der Waals surface area contributed by atoms with Crippen molar-refractivity contribution in [2.45, 2.75) is 59.4 Å². The standard InChI is InChI=1S/C35H42FN7/c1-21(40-22(2)16-34(3,4)5)13-24(17-37)26(23-11-12-23)14-29-31(18-38)42-43-35(29,6)33-15-27-28(19-39-20-32(27)41-33)25-9-7-8-10-30(25)36/h7-10,13-15,17-20,40-43H,2,11-12,16,37-38H2,1,3-6H3/b21-13+,24-17+,29-14+,31-18+. The Morgan fingerprint density at radius 3 is 2.56 bits per heavy atom. The molecule has 5 rings (SSSR count). The summed E-state index contributed by atoms with van der Waals surface area (Å²) in [7, 11) is 0. The van der Waals surface area contributed by atoms with Crippen LogP contribution in [-0.4, -0.2) is 9.97 Å². The lowest BCUT2D eigenvalue weighted by atomic mass is 9.86. The number of nitrogens with one attached hydrogen (secondary N) is 4. The third-order valence-corrected chi connectivity index (χ3v) is 7.84. The van der Waals surface area contributed by atoms with E-state index in [-0.39, 0.29) is 11.2 Å². The topological polar surface area (TPSA) is 117 Å². The Bertz CT molecular complexity index is 1720. The van der Waals surface area contributed by atoms with Gasteiger partial charge in [0.1, 0.15) is 11.4 Å². The predicted molar refractivity (Wildman–Crippen MR) is 174 cm³/mol. The van der Waals surface area contributed by atoms with E-state index in [4.69, 9.17) is 11.5 Å². The number of benzene rings is 1. The van der Waals surface area contributed by atoms with Crippen LogP contribution in [0.1, 0.15) is 59.6 Å². The van der Waals surface area contributed by atoms with Gasteiger partial charge in [0.15, 0.2) is 0 Å². The lowest BCUT2D eigenvalue weighted by Gasteiger charge is -2.24. The van der Waals surface area contributed by atoms with Gasteiger partial charge in [0.25, 0.3) is 0 Å². The summed E-state index contributed by atoms with van der Waals surface area (Å²) in [5.74, 6) is -0.290. The summed E-state index contributed by atoms with van der Waals surface area (Å²) in [5, 5.41) is 4.32. The van der Waals surface area contributed by atoms with Crippen LogP contribution in [0.2, 0.25) is 0 Å². The first-order valence-corrected chi connectivity index (χ1v) is 14.6. The molecule has 7 nitrogen and oxygen atoms in total. The Balaban J connectivity index is 1.55. The molecule has 2 aliphatic rings. The van der Waals surface area contributed by atoms with Crippen molar-refractivity contribution in [3.63, 3.8) is 0 Å². The molecule has 43 heavy (non-hydrogen) atoms. The van der Waals surface area contributed by atoms with Gasteiger partial charge in [-0.15, -0.1) is 0 Å². The van der Waals surface area contributed by atoms with Crippen LogP contribution < -0.4 is 27.6 Å². The van der Waals surface area contributed by atoms with E-state index in [1.165, 1.54) is 11.6 Å². The third-order valence-electron chi connectivity index (χ3n) is 7.84.